The number of carbonyl (C=O) groups excluding carboxylic acids is 3. The van der Waals surface area contributed by atoms with Crippen LogP contribution in [0.1, 0.15) is 27.0 Å². The van der Waals surface area contributed by atoms with Crippen LogP contribution in [0.3, 0.4) is 0 Å². The lowest BCUT2D eigenvalue weighted by atomic mass is 9.93. The van der Waals surface area contributed by atoms with Crippen LogP contribution in [0.25, 0.3) is 5.57 Å². The molecule has 7 nitrogen and oxygen atoms in total. The fourth-order valence-corrected chi connectivity index (χ4v) is 3.65. The van der Waals surface area contributed by atoms with Crippen molar-refractivity contribution < 1.29 is 23.9 Å². The molecule has 0 spiro atoms. The second-order valence-corrected chi connectivity index (χ2v) is 7.55. The van der Waals surface area contributed by atoms with Crippen LogP contribution >= 0.6 is 0 Å². The van der Waals surface area contributed by atoms with E-state index in [0.717, 1.165) is 16.7 Å². The minimum absolute atomic E-state index is 0.0698. The molecule has 7 heteroatoms. The largest absolute Gasteiger partial charge is 0.483 e. The Labute approximate surface area is 196 Å². The van der Waals surface area contributed by atoms with Crippen molar-refractivity contribution in [3.05, 3.63) is 101 Å². The minimum atomic E-state index is -0.384. The van der Waals surface area contributed by atoms with Gasteiger partial charge in [0.15, 0.2) is 12.5 Å². The number of fused-ring (bicyclic) bond motifs is 1. The van der Waals surface area contributed by atoms with Gasteiger partial charge in [-0.25, -0.2) is 4.79 Å². The zero-order valence-electron chi connectivity index (χ0n) is 18.7. The Balaban J connectivity index is 1.52. The number of ether oxygens (including phenoxy) is 2. The van der Waals surface area contributed by atoms with Crippen LogP contribution < -0.4 is 20.1 Å². The maximum atomic E-state index is 12.4. The first kappa shape index (κ1) is 22.6. The number of benzene rings is 3. The SMILES string of the molecule is CNC(=O)c1cccc(NC(=O)COc2ccc3c(c2C)OC(=C=O)C=C3c2ccccc2)c1. The molecule has 3 aromatic carbocycles. The minimum Gasteiger partial charge on any atom is -0.483 e. The smallest absolute Gasteiger partial charge is 0.262 e. The topological polar surface area (TPSA) is 93.7 Å². The standard InChI is InChI=1S/C27H22N2O5/c1-17-24(33-16-25(31)29-20-10-6-9-19(13-20)27(32)28-2)12-11-22-23(18-7-4-3-5-8-18)14-21(15-30)34-26(17)22/h3-14H,16H2,1-2H3,(H,28,32)(H,29,31). The summed E-state index contributed by atoms with van der Waals surface area (Å²) >= 11 is 0. The molecule has 0 bridgehead atoms. The van der Waals surface area contributed by atoms with Crippen molar-refractivity contribution in [3.8, 4) is 11.5 Å². The molecule has 0 fully saturated rings. The third-order valence-electron chi connectivity index (χ3n) is 5.31. The summed E-state index contributed by atoms with van der Waals surface area (Å²) in [6.45, 7) is 1.55. The van der Waals surface area contributed by atoms with Crippen LogP contribution in [0, 0.1) is 6.92 Å². The Morgan fingerprint density at radius 3 is 2.56 bits per heavy atom. The molecule has 0 saturated carbocycles. The normalized spacial score (nSPS) is 11.9. The van der Waals surface area contributed by atoms with Crippen molar-refractivity contribution in [2.45, 2.75) is 6.92 Å². The van der Waals surface area contributed by atoms with Gasteiger partial charge in [0.2, 0.25) is 5.76 Å². The summed E-state index contributed by atoms with van der Waals surface area (Å²) in [5.74, 6) is 2.19. The number of nitrogens with one attached hydrogen (secondary N) is 2. The molecule has 2 N–H and O–H groups in total. The van der Waals surface area contributed by atoms with Crippen molar-refractivity contribution >= 4 is 29.0 Å². The Morgan fingerprint density at radius 1 is 1.03 bits per heavy atom. The lowest BCUT2D eigenvalue weighted by Gasteiger charge is -2.22. The van der Waals surface area contributed by atoms with E-state index in [4.69, 9.17) is 9.47 Å². The molecule has 4 rings (SSSR count). The monoisotopic (exact) mass is 454 g/mol. The van der Waals surface area contributed by atoms with Gasteiger partial charge in [-0.15, -0.1) is 0 Å². The van der Waals surface area contributed by atoms with E-state index in [1.54, 1.807) is 50.4 Å². The van der Waals surface area contributed by atoms with Crippen LogP contribution in [-0.2, 0) is 9.59 Å². The van der Waals surface area contributed by atoms with Gasteiger partial charge in [0.05, 0.1) is 0 Å². The van der Waals surface area contributed by atoms with Crippen LogP contribution in [0.4, 0.5) is 5.69 Å². The van der Waals surface area contributed by atoms with E-state index in [2.05, 4.69) is 10.6 Å². The van der Waals surface area contributed by atoms with Gasteiger partial charge in [-0.1, -0.05) is 36.4 Å². The van der Waals surface area contributed by atoms with Crippen molar-refractivity contribution in [3.63, 3.8) is 0 Å². The number of rotatable bonds is 6. The summed E-state index contributed by atoms with van der Waals surface area (Å²) in [6, 6.07) is 19.9. The van der Waals surface area contributed by atoms with Gasteiger partial charge in [0.25, 0.3) is 11.8 Å². The molecule has 0 unspecified atom stereocenters. The molecular weight excluding hydrogens is 432 g/mol. The molecule has 3 aromatic rings. The van der Waals surface area contributed by atoms with Crippen LogP contribution in [0.15, 0.2) is 78.6 Å². The molecule has 1 aliphatic rings. The number of amides is 2. The summed E-state index contributed by atoms with van der Waals surface area (Å²) in [6.07, 6.45) is 1.66. The third kappa shape index (κ3) is 4.75. The van der Waals surface area contributed by atoms with Gasteiger partial charge in [-0.2, -0.15) is 0 Å². The maximum Gasteiger partial charge on any atom is 0.262 e. The van der Waals surface area contributed by atoms with Gasteiger partial charge in [0, 0.05) is 35.5 Å². The van der Waals surface area contributed by atoms with Gasteiger partial charge in [-0.3, -0.25) is 9.59 Å². The summed E-state index contributed by atoms with van der Waals surface area (Å²) in [5.41, 5.74) is 4.16. The van der Waals surface area contributed by atoms with Gasteiger partial charge in [-0.05, 0) is 48.4 Å². The highest BCUT2D eigenvalue weighted by atomic mass is 16.5. The average molecular weight is 454 g/mol. The van der Waals surface area contributed by atoms with E-state index in [1.165, 1.54) is 0 Å². The summed E-state index contributed by atoms with van der Waals surface area (Å²) < 4.78 is 11.5. The van der Waals surface area contributed by atoms with Crippen molar-refractivity contribution in [1.29, 1.82) is 0 Å². The quantitative estimate of drug-likeness (QED) is 0.551. The number of allylic oxidation sites excluding steroid dienone is 1. The molecular formula is C27H22N2O5. The van der Waals surface area contributed by atoms with E-state index < -0.39 is 0 Å². The first-order valence-electron chi connectivity index (χ1n) is 10.6. The molecule has 0 aromatic heterocycles. The first-order chi connectivity index (χ1) is 16.5. The molecule has 0 radical (unpaired) electrons. The molecule has 0 saturated heterocycles. The molecule has 34 heavy (non-hydrogen) atoms. The Morgan fingerprint density at radius 2 is 1.82 bits per heavy atom. The van der Waals surface area contributed by atoms with Crippen LogP contribution in [0.2, 0.25) is 0 Å². The molecule has 1 heterocycles. The highest BCUT2D eigenvalue weighted by Gasteiger charge is 2.23. The lowest BCUT2D eigenvalue weighted by Crippen LogP contribution is -2.21. The molecule has 170 valence electrons. The van der Waals surface area contributed by atoms with Crippen LogP contribution in [0.5, 0.6) is 11.5 Å². The maximum absolute atomic E-state index is 12.4. The fourth-order valence-electron chi connectivity index (χ4n) is 3.65. The highest BCUT2D eigenvalue weighted by molar-refractivity contribution is 5.97. The van der Waals surface area contributed by atoms with Crippen LogP contribution in [-0.4, -0.2) is 31.4 Å². The molecule has 2 amide bonds. The predicted octanol–water partition coefficient (Wildman–Crippen LogP) is 3.91. The summed E-state index contributed by atoms with van der Waals surface area (Å²) in [5, 5.41) is 5.26. The lowest BCUT2D eigenvalue weighted by molar-refractivity contribution is -0.118. The molecule has 0 aliphatic carbocycles. The van der Waals surface area contributed by atoms with Gasteiger partial charge in [0.1, 0.15) is 11.5 Å². The zero-order valence-corrected chi connectivity index (χ0v) is 18.7. The Kier molecular flexibility index (Phi) is 6.57. The third-order valence-corrected chi connectivity index (χ3v) is 5.31. The van der Waals surface area contributed by atoms with Crippen molar-refractivity contribution in [2.75, 3.05) is 19.0 Å². The molecule has 0 atom stereocenters. The van der Waals surface area contributed by atoms with Gasteiger partial charge < -0.3 is 20.1 Å². The fraction of sp³-hybridized carbons (Fsp3) is 0.111. The average Bonchev–Trinajstić information content (AvgIpc) is 2.88. The van der Waals surface area contributed by atoms with Crippen molar-refractivity contribution in [1.82, 2.24) is 5.32 Å². The predicted molar refractivity (Wildman–Crippen MR) is 128 cm³/mol. The van der Waals surface area contributed by atoms with Gasteiger partial charge >= 0.3 is 0 Å². The Hall–Kier alpha value is -4.61. The Bertz CT molecular complexity index is 1340. The molecule has 1 aliphatic heterocycles. The second kappa shape index (κ2) is 9.90. The van der Waals surface area contributed by atoms with E-state index in [0.29, 0.717) is 28.3 Å². The zero-order chi connectivity index (χ0) is 24.1. The highest BCUT2D eigenvalue weighted by Crippen LogP contribution is 2.42. The second-order valence-electron chi connectivity index (χ2n) is 7.55. The van der Waals surface area contributed by atoms with Crippen molar-refractivity contribution in [2.24, 2.45) is 0 Å². The number of hydrogen-bond acceptors (Lipinski definition) is 5. The first-order valence-corrected chi connectivity index (χ1v) is 10.6. The number of hydrogen-bond donors (Lipinski definition) is 2. The van der Waals surface area contributed by atoms with E-state index in [-0.39, 0.29) is 24.2 Å². The van der Waals surface area contributed by atoms with E-state index in [9.17, 15) is 14.4 Å². The number of carbonyl (C=O) groups is 2. The number of anilines is 1. The summed E-state index contributed by atoms with van der Waals surface area (Å²) in [4.78, 5) is 35.6. The van der Waals surface area contributed by atoms with E-state index >= 15 is 0 Å². The van der Waals surface area contributed by atoms with E-state index in [1.807, 2.05) is 42.3 Å². The summed E-state index contributed by atoms with van der Waals surface area (Å²) in [7, 11) is 1.54.